The molecule has 2 aromatic carbocycles. The second kappa shape index (κ2) is 8.36. The van der Waals surface area contributed by atoms with Crippen molar-refractivity contribution in [3.63, 3.8) is 0 Å². The van der Waals surface area contributed by atoms with Crippen LogP contribution in [0.3, 0.4) is 0 Å². The summed E-state index contributed by atoms with van der Waals surface area (Å²) in [5.41, 5.74) is -1.99. The minimum Gasteiger partial charge on any atom is -0.478 e. The SMILES string of the molecule is CC1(C)C(=O)N(c2ccc(C#N)c(C(F)(F)F)c2)C(=S)C1CCc1ccccc1C(=O)O. The number of hydrogen-bond donors (Lipinski definition) is 1. The molecule has 9 heteroatoms. The van der Waals surface area contributed by atoms with E-state index in [4.69, 9.17) is 17.5 Å². The first-order valence-corrected chi connectivity index (χ1v) is 10.1. The molecule has 1 atom stereocenters. The quantitative estimate of drug-likeness (QED) is 0.619. The van der Waals surface area contributed by atoms with Crippen LogP contribution in [-0.2, 0) is 17.4 Å². The number of carbonyl (C=O) groups excluding carboxylic acids is 1. The number of thiocarbonyl (C=S) groups is 1. The van der Waals surface area contributed by atoms with E-state index in [0.717, 1.165) is 17.0 Å². The molecular formula is C23H19F3N2O3S. The zero-order valence-electron chi connectivity index (χ0n) is 17.2. The van der Waals surface area contributed by atoms with Crippen molar-refractivity contribution in [1.82, 2.24) is 0 Å². The molecule has 32 heavy (non-hydrogen) atoms. The summed E-state index contributed by atoms with van der Waals surface area (Å²) in [4.78, 5) is 25.9. The van der Waals surface area contributed by atoms with Gasteiger partial charge in [-0.25, -0.2) is 4.79 Å². The average Bonchev–Trinajstić information content (AvgIpc) is 2.89. The van der Waals surface area contributed by atoms with Crippen molar-refractivity contribution in [2.24, 2.45) is 11.3 Å². The van der Waals surface area contributed by atoms with E-state index in [1.54, 1.807) is 32.0 Å². The van der Waals surface area contributed by atoms with E-state index in [1.807, 2.05) is 0 Å². The predicted octanol–water partition coefficient (Wildman–Crippen LogP) is 5.22. The average molecular weight is 460 g/mol. The molecule has 1 amide bonds. The van der Waals surface area contributed by atoms with Gasteiger partial charge in [0.05, 0.1) is 38.9 Å². The number of rotatable bonds is 5. The first-order chi connectivity index (χ1) is 14.9. The summed E-state index contributed by atoms with van der Waals surface area (Å²) in [5.74, 6) is -2.00. The third kappa shape index (κ3) is 4.10. The number of nitriles is 1. The summed E-state index contributed by atoms with van der Waals surface area (Å²) >= 11 is 5.51. The lowest BCUT2D eigenvalue weighted by Gasteiger charge is -2.23. The lowest BCUT2D eigenvalue weighted by Crippen LogP contribution is -2.32. The van der Waals surface area contributed by atoms with Gasteiger partial charge in [-0.15, -0.1) is 0 Å². The van der Waals surface area contributed by atoms with E-state index in [-0.39, 0.29) is 16.2 Å². The number of amides is 1. The Bertz CT molecular complexity index is 1150. The molecule has 2 aromatic rings. The van der Waals surface area contributed by atoms with Crippen LogP contribution < -0.4 is 4.90 Å². The van der Waals surface area contributed by atoms with Crippen LogP contribution in [0.15, 0.2) is 42.5 Å². The van der Waals surface area contributed by atoms with Crippen molar-refractivity contribution in [2.75, 3.05) is 4.90 Å². The third-order valence-electron chi connectivity index (χ3n) is 5.78. The van der Waals surface area contributed by atoms with Gasteiger partial charge in [-0.05, 0) is 42.7 Å². The first-order valence-electron chi connectivity index (χ1n) is 9.70. The molecule has 1 aliphatic heterocycles. The summed E-state index contributed by atoms with van der Waals surface area (Å²) in [7, 11) is 0. The Morgan fingerprint density at radius 3 is 2.50 bits per heavy atom. The largest absolute Gasteiger partial charge is 0.478 e. The number of carbonyl (C=O) groups is 2. The molecule has 1 N–H and O–H groups in total. The lowest BCUT2D eigenvalue weighted by atomic mass is 9.78. The van der Waals surface area contributed by atoms with Gasteiger partial charge in [-0.3, -0.25) is 9.69 Å². The monoisotopic (exact) mass is 460 g/mol. The van der Waals surface area contributed by atoms with Crippen LogP contribution in [0, 0.1) is 22.7 Å². The van der Waals surface area contributed by atoms with Crippen molar-refractivity contribution in [3.05, 3.63) is 64.7 Å². The van der Waals surface area contributed by atoms with Crippen LogP contribution in [0.25, 0.3) is 0 Å². The van der Waals surface area contributed by atoms with Gasteiger partial charge in [0.25, 0.3) is 0 Å². The third-order valence-corrected chi connectivity index (χ3v) is 6.25. The molecule has 0 spiro atoms. The fourth-order valence-electron chi connectivity index (χ4n) is 3.98. The summed E-state index contributed by atoms with van der Waals surface area (Å²) in [6, 6.07) is 11.1. The zero-order valence-corrected chi connectivity index (χ0v) is 18.0. The van der Waals surface area contributed by atoms with E-state index < -0.39 is 40.5 Å². The molecular weight excluding hydrogens is 441 g/mol. The Morgan fingerprint density at radius 2 is 1.91 bits per heavy atom. The summed E-state index contributed by atoms with van der Waals surface area (Å²) in [6.07, 6.45) is -4.08. The Kier molecular flexibility index (Phi) is 6.11. The summed E-state index contributed by atoms with van der Waals surface area (Å²) in [6.45, 7) is 3.34. The highest BCUT2D eigenvalue weighted by Gasteiger charge is 2.51. The number of anilines is 1. The van der Waals surface area contributed by atoms with Gasteiger partial charge in [0.2, 0.25) is 5.91 Å². The van der Waals surface area contributed by atoms with E-state index in [1.165, 1.54) is 18.2 Å². The molecule has 0 aliphatic carbocycles. The van der Waals surface area contributed by atoms with E-state index in [2.05, 4.69) is 0 Å². The molecule has 0 bridgehead atoms. The molecule has 0 radical (unpaired) electrons. The van der Waals surface area contributed by atoms with Crippen molar-refractivity contribution >= 4 is 34.8 Å². The van der Waals surface area contributed by atoms with Crippen LogP contribution in [-0.4, -0.2) is 22.0 Å². The highest BCUT2D eigenvalue weighted by Crippen LogP contribution is 2.44. The summed E-state index contributed by atoms with van der Waals surface area (Å²) in [5, 5.41) is 18.4. The molecule has 1 fully saturated rings. The van der Waals surface area contributed by atoms with Crippen LogP contribution in [0.2, 0.25) is 0 Å². The molecule has 0 aromatic heterocycles. The van der Waals surface area contributed by atoms with Gasteiger partial charge in [0.1, 0.15) is 0 Å². The molecule has 1 unspecified atom stereocenters. The van der Waals surface area contributed by atoms with Crippen LogP contribution in [0.5, 0.6) is 0 Å². The van der Waals surface area contributed by atoms with Gasteiger partial charge in [0, 0.05) is 5.92 Å². The topological polar surface area (TPSA) is 81.4 Å². The fraction of sp³-hybridized carbons (Fsp3) is 0.304. The second-order valence-electron chi connectivity index (χ2n) is 8.09. The van der Waals surface area contributed by atoms with Gasteiger partial charge in [0.15, 0.2) is 0 Å². The van der Waals surface area contributed by atoms with Crippen LogP contribution >= 0.6 is 12.2 Å². The normalized spacial score (nSPS) is 18.0. The van der Waals surface area contributed by atoms with E-state index in [9.17, 15) is 27.9 Å². The van der Waals surface area contributed by atoms with Crippen LogP contribution in [0.1, 0.15) is 47.3 Å². The fourth-order valence-corrected chi connectivity index (χ4v) is 4.58. The number of halogens is 3. The van der Waals surface area contributed by atoms with Gasteiger partial charge in [-0.2, -0.15) is 18.4 Å². The first kappa shape index (κ1) is 23.4. The van der Waals surface area contributed by atoms with Crippen molar-refractivity contribution in [1.29, 1.82) is 5.26 Å². The van der Waals surface area contributed by atoms with E-state index >= 15 is 0 Å². The maximum absolute atomic E-state index is 13.4. The number of benzene rings is 2. The number of carboxylic acids is 1. The number of aromatic carboxylic acids is 1. The molecule has 1 saturated heterocycles. The standard InChI is InChI=1S/C23H19F3N2O3S/c1-22(2)17(10-8-13-5-3-4-6-16(13)20(29)30)19(32)28(21(22)31)15-9-7-14(12-27)18(11-15)23(24,25)26/h3-7,9,11,17H,8,10H2,1-2H3,(H,29,30). The number of nitrogens with zero attached hydrogens (tertiary/aromatic N) is 2. The van der Waals surface area contributed by atoms with Crippen molar-refractivity contribution < 1.29 is 27.9 Å². The minimum absolute atomic E-state index is 0.0483. The Balaban J connectivity index is 1.94. The van der Waals surface area contributed by atoms with Crippen molar-refractivity contribution in [2.45, 2.75) is 32.9 Å². The summed E-state index contributed by atoms with van der Waals surface area (Å²) < 4.78 is 40.2. The Morgan fingerprint density at radius 1 is 1.25 bits per heavy atom. The Hall–Kier alpha value is -3.25. The predicted molar refractivity (Wildman–Crippen MR) is 115 cm³/mol. The molecule has 5 nitrogen and oxygen atoms in total. The van der Waals surface area contributed by atoms with Gasteiger partial charge in [-0.1, -0.05) is 44.3 Å². The highest BCUT2D eigenvalue weighted by atomic mass is 32.1. The molecule has 3 rings (SSSR count). The second-order valence-corrected chi connectivity index (χ2v) is 8.51. The number of carboxylic acid groups (broad SMARTS) is 1. The van der Waals surface area contributed by atoms with Crippen LogP contribution in [0.4, 0.5) is 18.9 Å². The number of aryl methyl sites for hydroxylation is 1. The van der Waals surface area contributed by atoms with E-state index in [0.29, 0.717) is 18.4 Å². The molecule has 1 aliphatic rings. The number of hydrogen-bond acceptors (Lipinski definition) is 4. The van der Waals surface area contributed by atoms with Crippen molar-refractivity contribution in [3.8, 4) is 6.07 Å². The lowest BCUT2D eigenvalue weighted by molar-refractivity contribution is -0.137. The van der Waals surface area contributed by atoms with Gasteiger partial charge >= 0.3 is 12.1 Å². The molecule has 166 valence electrons. The molecule has 1 heterocycles. The number of alkyl halides is 3. The van der Waals surface area contributed by atoms with Gasteiger partial charge < -0.3 is 5.11 Å². The zero-order chi connectivity index (χ0) is 23.8. The molecule has 0 saturated carbocycles. The maximum atomic E-state index is 13.4. The Labute approximate surface area is 188 Å². The maximum Gasteiger partial charge on any atom is 0.417 e. The minimum atomic E-state index is -4.76. The smallest absolute Gasteiger partial charge is 0.417 e. The highest BCUT2D eigenvalue weighted by molar-refractivity contribution is 7.80.